The zero-order chi connectivity index (χ0) is 14.1. The molecule has 3 heteroatoms. The summed E-state index contributed by atoms with van der Waals surface area (Å²) < 4.78 is 0. The molecule has 3 rings (SSSR count). The molecule has 1 fully saturated rings. The van der Waals surface area contributed by atoms with Gasteiger partial charge in [0.15, 0.2) is 0 Å². The topological polar surface area (TPSA) is 36.1 Å². The summed E-state index contributed by atoms with van der Waals surface area (Å²) in [6.45, 7) is 5.29. The zero-order valence-electron chi connectivity index (χ0n) is 12.2. The van der Waals surface area contributed by atoms with Gasteiger partial charge >= 0.3 is 0 Å². The Morgan fingerprint density at radius 1 is 1.35 bits per heavy atom. The van der Waals surface area contributed by atoms with E-state index in [-0.39, 0.29) is 5.91 Å². The number of aromatic nitrogens is 1. The summed E-state index contributed by atoms with van der Waals surface area (Å²) in [5.74, 6) is 0.788. The fourth-order valence-corrected chi connectivity index (χ4v) is 2.58. The molecule has 1 amide bonds. The van der Waals surface area contributed by atoms with Crippen LogP contribution in [0.15, 0.2) is 30.3 Å². The molecule has 106 valence electrons. The predicted molar refractivity (Wildman–Crippen MR) is 81.8 cm³/mol. The third-order valence-corrected chi connectivity index (χ3v) is 3.96. The van der Waals surface area contributed by atoms with Crippen LogP contribution >= 0.6 is 0 Å². The number of rotatable bonds is 5. The lowest BCUT2D eigenvalue weighted by atomic mass is 10.1. The molecular formula is C17H22N2O. The third kappa shape index (κ3) is 2.72. The first-order chi connectivity index (χ1) is 9.65. The van der Waals surface area contributed by atoms with E-state index >= 15 is 0 Å². The summed E-state index contributed by atoms with van der Waals surface area (Å²) in [5, 5.41) is 1.11. The Morgan fingerprint density at radius 2 is 2.10 bits per heavy atom. The normalized spacial score (nSPS) is 14.9. The Hall–Kier alpha value is -1.77. The standard InChI is InChI=1S/C17H22N2O/c1-12(2)9-10-19(14-7-8-14)17(20)16-11-13-5-3-4-6-15(13)18-16/h3-6,11-12,14,18H,7-10H2,1-2H3. The number of carbonyl (C=O) groups is 1. The van der Waals surface area contributed by atoms with E-state index in [1.165, 1.54) is 0 Å². The van der Waals surface area contributed by atoms with Gasteiger partial charge in [0, 0.05) is 23.5 Å². The quantitative estimate of drug-likeness (QED) is 0.881. The van der Waals surface area contributed by atoms with Crippen molar-refractivity contribution in [3.8, 4) is 0 Å². The molecule has 1 aliphatic rings. The molecule has 0 atom stereocenters. The molecule has 0 aliphatic heterocycles. The number of fused-ring (bicyclic) bond motifs is 1. The highest BCUT2D eigenvalue weighted by atomic mass is 16.2. The van der Waals surface area contributed by atoms with Crippen molar-refractivity contribution in [3.05, 3.63) is 36.0 Å². The van der Waals surface area contributed by atoms with Gasteiger partial charge in [0.1, 0.15) is 5.69 Å². The van der Waals surface area contributed by atoms with Crippen LogP contribution in [0.4, 0.5) is 0 Å². The van der Waals surface area contributed by atoms with E-state index in [1.807, 2.05) is 30.3 Å². The maximum Gasteiger partial charge on any atom is 0.270 e. The SMILES string of the molecule is CC(C)CCN(C(=O)c1cc2ccccc2[nH]1)C1CC1. The minimum absolute atomic E-state index is 0.157. The van der Waals surface area contributed by atoms with Crippen LogP contribution in [-0.2, 0) is 0 Å². The van der Waals surface area contributed by atoms with Crippen molar-refractivity contribution >= 4 is 16.8 Å². The first-order valence-electron chi connectivity index (χ1n) is 7.54. The van der Waals surface area contributed by atoms with Crippen molar-refractivity contribution in [3.63, 3.8) is 0 Å². The number of benzene rings is 1. The molecule has 1 heterocycles. The van der Waals surface area contributed by atoms with Crippen molar-refractivity contribution in [1.29, 1.82) is 0 Å². The second-order valence-electron chi connectivity index (χ2n) is 6.18. The van der Waals surface area contributed by atoms with E-state index in [2.05, 4.69) is 23.7 Å². The van der Waals surface area contributed by atoms with Gasteiger partial charge in [-0.2, -0.15) is 0 Å². The predicted octanol–water partition coefficient (Wildman–Crippen LogP) is 3.82. The number of nitrogens with zero attached hydrogens (tertiary/aromatic N) is 1. The van der Waals surface area contributed by atoms with Crippen LogP contribution in [-0.4, -0.2) is 28.4 Å². The number of para-hydroxylation sites is 1. The zero-order valence-corrected chi connectivity index (χ0v) is 12.2. The molecule has 1 saturated carbocycles. The minimum atomic E-state index is 0.157. The van der Waals surface area contributed by atoms with Crippen LogP contribution in [0, 0.1) is 5.92 Å². The minimum Gasteiger partial charge on any atom is -0.351 e. The van der Waals surface area contributed by atoms with E-state index in [0.29, 0.717) is 12.0 Å². The molecule has 0 bridgehead atoms. The van der Waals surface area contributed by atoms with Crippen LogP contribution in [0.1, 0.15) is 43.6 Å². The van der Waals surface area contributed by atoms with Crippen LogP contribution in [0.3, 0.4) is 0 Å². The molecule has 0 spiro atoms. The van der Waals surface area contributed by atoms with Gasteiger partial charge in [-0.05, 0) is 37.3 Å². The number of aromatic amines is 1. The van der Waals surface area contributed by atoms with Crippen LogP contribution in [0.5, 0.6) is 0 Å². The average Bonchev–Trinajstić information content (AvgIpc) is 3.16. The monoisotopic (exact) mass is 270 g/mol. The Morgan fingerprint density at radius 3 is 2.75 bits per heavy atom. The van der Waals surface area contributed by atoms with Crippen molar-refractivity contribution in [1.82, 2.24) is 9.88 Å². The highest BCUT2D eigenvalue weighted by molar-refractivity contribution is 5.98. The van der Waals surface area contributed by atoms with Crippen LogP contribution in [0.2, 0.25) is 0 Å². The lowest BCUT2D eigenvalue weighted by Crippen LogP contribution is -2.34. The summed E-state index contributed by atoms with van der Waals surface area (Å²) in [5.41, 5.74) is 1.76. The summed E-state index contributed by atoms with van der Waals surface area (Å²) in [4.78, 5) is 18.0. The summed E-state index contributed by atoms with van der Waals surface area (Å²) in [6.07, 6.45) is 3.39. The van der Waals surface area contributed by atoms with E-state index in [1.54, 1.807) is 0 Å². The molecule has 0 unspecified atom stereocenters. The van der Waals surface area contributed by atoms with Gasteiger partial charge in [0.05, 0.1) is 0 Å². The fraction of sp³-hybridized carbons (Fsp3) is 0.471. The third-order valence-electron chi connectivity index (χ3n) is 3.96. The van der Waals surface area contributed by atoms with Gasteiger partial charge in [0.2, 0.25) is 0 Å². The van der Waals surface area contributed by atoms with Gasteiger partial charge in [-0.15, -0.1) is 0 Å². The Balaban J connectivity index is 1.81. The molecule has 1 N–H and O–H groups in total. The van der Waals surface area contributed by atoms with Gasteiger partial charge in [-0.3, -0.25) is 4.79 Å². The van der Waals surface area contributed by atoms with E-state index in [9.17, 15) is 4.79 Å². The summed E-state index contributed by atoms with van der Waals surface area (Å²) in [7, 11) is 0. The first kappa shape index (κ1) is 13.2. The summed E-state index contributed by atoms with van der Waals surface area (Å²) in [6, 6.07) is 10.5. The van der Waals surface area contributed by atoms with Crippen molar-refractivity contribution in [2.45, 2.75) is 39.2 Å². The number of hydrogen-bond acceptors (Lipinski definition) is 1. The molecule has 1 aromatic heterocycles. The van der Waals surface area contributed by atoms with Crippen LogP contribution < -0.4 is 0 Å². The second-order valence-corrected chi connectivity index (χ2v) is 6.18. The Kier molecular flexibility index (Phi) is 3.51. The summed E-state index contributed by atoms with van der Waals surface area (Å²) >= 11 is 0. The smallest absolute Gasteiger partial charge is 0.270 e. The number of nitrogens with one attached hydrogen (secondary N) is 1. The first-order valence-corrected chi connectivity index (χ1v) is 7.54. The maximum atomic E-state index is 12.7. The number of amides is 1. The van der Waals surface area contributed by atoms with E-state index < -0.39 is 0 Å². The maximum absolute atomic E-state index is 12.7. The fourth-order valence-electron chi connectivity index (χ4n) is 2.58. The molecule has 20 heavy (non-hydrogen) atoms. The van der Waals surface area contributed by atoms with E-state index in [0.717, 1.165) is 42.4 Å². The molecule has 3 nitrogen and oxygen atoms in total. The molecule has 0 radical (unpaired) electrons. The van der Waals surface area contributed by atoms with Gasteiger partial charge in [0.25, 0.3) is 5.91 Å². The molecular weight excluding hydrogens is 248 g/mol. The molecule has 1 aromatic carbocycles. The number of H-pyrrole nitrogens is 1. The Labute approximate surface area is 120 Å². The molecule has 2 aromatic rings. The lowest BCUT2D eigenvalue weighted by Gasteiger charge is -2.22. The average molecular weight is 270 g/mol. The largest absolute Gasteiger partial charge is 0.351 e. The van der Waals surface area contributed by atoms with Gasteiger partial charge in [-0.1, -0.05) is 32.0 Å². The highest BCUT2D eigenvalue weighted by Crippen LogP contribution is 2.29. The van der Waals surface area contributed by atoms with Crippen molar-refractivity contribution in [2.24, 2.45) is 5.92 Å². The lowest BCUT2D eigenvalue weighted by molar-refractivity contribution is 0.0730. The van der Waals surface area contributed by atoms with Crippen molar-refractivity contribution < 1.29 is 4.79 Å². The van der Waals surface area contributed by atoms with Crippen molar-refractivity contribution in [2.75, 3.05) is 6.54 Å². The number of carbonyl (C=O) groups excluding carboxylic acids is 1. The Bertz CT molecular complexity index is 577. The van der Waals surface area contributed by atoms with Gasteiger partial charge < -0.3 is 9.88 Å². The molecule has 0 saturated heterocycles. The molecule has 1 aliphatic carbocycles. The highest BCUT2D eigenvalue weighted by Gasteiger charge is 2.33. The van der Waals surface area contributed by atoms with Crippen LogP contribution in [0.25, 0.3) is 10.9 Å². The van der Waals surface area contributed by atoms with E-state index in [4.69, 9.17) is 0 Å². The second kappa shape index (κ2) is 5.31. The number of hydrogen-bond donors (Lipinski definition) is 1. The van der Waals surface area contributed by atoms with Gasteiger partial charge in [-0.25, -0.2) is 0 Å².